The van der Waals surface area contributed by atoms with E-state index in [0.717, 1.165) is 0 Å². The number of nitrogens with zero attached hydrogens (tertiary/aromatic N) is 3. The first-order valence-corrected chi connectivity index (χ1v) is 6.09. The Hall–Kier alpha value is -0.520. The van der Waals surface area contributed by atoms with Gasteiger partial charge in [-0.3, -0.25) is 9.69 Å². The Labute approximate surface area is 108 Å². The molecule has 86 valence electrons. The topological polar surface area (TPSA) is 46.1 Å². The summed E-state index contributed by atoms with van der Waals surface area (Å²) in [6.07, 6.45) is 1.77. The molecule has 1 saturated heterocycles. The number of anilines is 1. The van der Waals surface area contributed by atoms with E-state index in [1.54, 1.807) is 0 Å². The monoisotopic (exact) mass is 277 g/mol. The van der Waals surface area contributed by atoms with Gasteiger partial charge in [0.2, 0.25) is 5.91 Å². The summed E-state index contributed by atoms with van der Waals surface area (Å²) in [5, 5.41) is 0.381. The third-order valence-corrected chi connectivity index (χ3v) is 3.70. The summed E-state index contributed by atoms with van der Waals surface area (Å²) in [4.78, 5) is 21.0. The Bertz CT molecular complexity index is 429. The largest absolute Gasteiger partial charge is 0.295 e. The van der Waals surface area contributed by atoms with Crippen LogP contribution in [0.25, 0.3) is 0 Å². The number of carbonyl (C=O) groups excluding carboxylic acids is 1. The van der Waals surface area contributed by atoms with Crippen molar-refractivity contribution in [3.63, 3.8) is 0 Å². The molecule has 1 amide bonds. The number of carbonyl (C=O) groups is 1. The van der Waals surface area contributed by atoms with Gasteiger partial charge in [0.15, 0.2) is 11.0 Å². The van der Waals surface area contributed by atoms with Crippen LogP contribution in [0.4, 0.5) is 5.82 Å². The fourth-order valence-electron chi connectivity index (χ4n) is 1.64. The normalized spacial score (nSPS) is 20.6. The van der Waals surface area contributed by atoms with E-state index in [1.165, 1.54) is 11.2 Å². The summed E-state index contributed by atoms with van der Waals surface area (Å²) in [6.45, 7) is 0.579. The molecule has 1 aliphatic heterocycles. The Morgan fingerprint density at radius 2 is 2.25 bits per heavy atom. The number of rotatable bonds is 2. The van der Waals surface area contributed by atoms with Gasteiger partial charge in [-0.1, -0.05) is 23.2 Å². The molecule has 0 radical (unpaired) electrons. The summed E-state index contributed by atoms with van der Waals surface area (Å²) < 4.78 is 0. The first kappa shape index (κ1) is 12.0. The summed E-state index contributed by atoms with van der Waals surface area (Å²) in [6, 6.07) is 0. The van der Waals surface area contributed by atoms with Crippen LogP contribution in [0.5, 0.6) is 0 Å². The fourth-order valence-corrected chi connectivity index (χ4v) is 2.21. The summed E-state index contributed by atoms with van der Waals surface area (Å²) in [7, 11) is 0. The van der Waals surface area contributed by atoms with E-state index >= 15 is 0 Å². The molecule has 16 heavy (non-hydrogen) atoms. The molecule has 0 aliphatic carbocycles. The fraction of sp³-hybridized carbons (Fsp3) is 0.444. The van der Waals surface area contributed by atoms with E-state index in [1.807, 2.05) is 0 Å². The zero-order valence-electron chi connectivity index (χ0n) is 8.23. The molecule has 0 N–H and O–H groups in total. The van der Waals surface area contributed by atoms with Gasteiger partial charge in [-0.15, -0.1) is 0 Å². The van der Waals surface area contributed by atoms with Crippen molar-refractivity contribution >= 4 is 47.6 Å². The summed E-state index contributed by atoms with van der Waals surface area (Å²) in [5.41, 5.74) is 0. The van der Waals surface area contributed by atoms with E-state index < -0.39 is 0 Å². The molecule has 1 aromatic heterocycles. The lowest BCUT2D eigenvalue weighted by Crippen LogP contribution is -2.26. The number of hydrogen-bond acceptors (Lipinski definition) is 4. The lowest BCUT2D eigenvalue weighted by molar-refractivity contribution is -0.117. The van der Waals surface area contributed by atoms with Crippen LogP contribution < -0.4 is 4.90 Å². The van der Waals surface area contributed by atoms with Crippen molar-refractivity contribution < 1.29 is 4.79 Å². The molecule has 1 aromatic rings. The molecule has 1 fully saturated rings. The van der Waals surface area contributed by atoms with Gasteiger partial charge in [0.1, 0.15) is 11.3 Å². The second-order valence-electron chi connectivity index (χ2n) is 3.56. The van der Waals surface area contributed by atoms with Crippen molar-refractivity contribution in [3.8, 4) is 0 Å². The lowest BCUT2D eigenvalue weighted by Gasteiger charge is -2.16. The van der Waals surface area contributed by atoms with Crippen molar-refractivity contribution in [1.29, 1.82) is 0 Å². The quantitative estimate of drug-likeness (QED) is 0.665. The average Bonchev–Trinajstić information content (AvgIpc) is 2.64. The minimum absolute atomic E-state index is 0.00397. The zero-order chi connectivity index (χ0) is 11.7. The molecule has 1 unspecified atom stereocenters. The molecule has 0 saturated carbocycles. The van der Waals surface area contributed by atoms with Crippen molar-refractivity contribution in [2.24, 2.45) is 5.92 Å². The molecule has 1 aliphatic rings. The van der Waals surface area contributed by atoms with Crippen molar-refractivity contribution in [3.05, 3.63) is 16.5 Å². The smallest absolute Gasteiger partial charge is 0.228 e. The number of hydrogen-bond donors (Lipinski definition) is 1. The number of thiol groups is 1. The highest BCUT2D eigenvalue weighted by atomic mass is 35.5. The van der Waals surface area contributed by atoms with Crippen LogP contribution in [0.2, 0.25) is 10.2 Å². The third-order valence-electron chi connectivity index (χ3n) is 2.45. The van der Waals surface area contributed by atoms with Crippen molar-refractivity contribution in [1.82, 2.24) is 9.97 Å². The molecular weight excluding hydrogens is 269 g/mol. The van der Waals surface area contributed by atoms with Crippen molar-refractivity contribution in [2.75, 3.05) is 17.2 Å². The molecule has 2 heterocycles. The standard InChI is InChI=1S/C9H9Cl2N3OS/c10-7-8(11)12-4-13-9(7)14-2-5(3-16)1-6(14)15/h4-5,16H,1-3H2. The van der Waals surface area contributed by atoms with Gasteiger partial charge < -0.3 is 0 Å². The predicted octanol–water partition coefficient (Wildman–Crippen LogP) is 2.07. The van der Waals surface area contributed by atoms with Gasteiger partial charge in [-0.2, -0.15) is 12.6 Å². The molecule has 0 bridgehead atoms. The van der Waals surface area contributed by atoms with E-state index in [9.17, 15) is 4.79 Å². The first-order chi connectivity index (χ1) is 7.63. The Kier molecular flexibility index (Phi) is 3.56. The number of aromatic nitrogens is 2. The molecule has 0 aromatic carbocycles. The molecule has 0 spiro atoms. The van der Waals surface area contributed by atoms with Crippen molar-refractivity contribution in [2.45, 2.75) is 6.42 Å². The van der Waals surface area contributed by atoms with E-state index in [-0.39, 0.29) is 22.0 Å². The highest BCUT2D eigenvalue weighted by molar-refractivity contribution is 7.80. The van der Waals surface area contributed by atoms with Crippen LogP contribution in [0.15, 0.2) is 6.33 Å². The van der Waals surface area contributed by atoms with E-state index in [0.29, 0.717) is 24.5 Å². The Morgan fingerprint density at radius 3 is 2.88 bits per heavy atom. The molecular formula is C9H9Cl2N3OS. The van der Waals surface area contributed by atoms with Gasteiger partial charge in [0.05, 0.1) is 0 Å². The van der Waals surface area contributed by atoms with Gasteiger partial charge in [0, 0.05) is 13.0 Å². The second-order valence-corrected chi connectivity index (χ2v) is 4.66. The van der Waals surface area contributed by atoms with Crippen LogP contribution in [-0.2, 0) is 4.79 Å². The number of halogens is 2. The minimum atomic E-state index is -0.00397. The molecule has 7 heteroatoms. The van der Waals surface area contributed by atoms with E-state index in [2.05, 4.69) is 22.6 Å². The summed E-state index contributed by atoms with van der Waals surface area (Å²) >= 11 is 15.9. The van der Waals surface area contributed by atoms with Gasteiger partial charge in [-0.25, -0.2) is 9.97 Å². The zero-order valence-corrected chi connectivity index (χ0v) is 10.6. The second kappa shape index (κ2) is 4.77. The lowest BCUT2D eigenvalue weighted by atomic mass is 10.1. The highest BCUT2D eigenvalue weighted by Crippen LogP contribution is 2.32. The molecule has 4 nitrogen and oxygen atoms in total. The first-order valence-electron chi connectivity index (χ1n) is 4.70. The third kappa shape index (κ3) is 2.12. The number of amides is 1. The van der Waals surface area contributed by atoms with Crippen LogP contribution >= 0.6 is 35.8 Å². The highest BCUT2D eigenvalue weighted by Gasteiger charge is 2.32. The van der Waals surface area contributed by atoms with Gasteiger partial charge in [0.25, 0.3) is 0 Å². The minimum Gasteiger partial charge on any atom is -0.295 e. The maximum Gasteiger partial charge on any atom is 0.228 e. The Balaban J connectivity index is 2.31. The van der Waals surface area contributed by atoms with Gasteiger partial charge >= 0.3 is 0 Å². The Morgan fingerprint density at radius 1 is 1.50 bits per heavy atom. The van der Waals surface area contributed by atoms with Crippen LogP contribution in [0.1, 0.15) is 6.42 Å². The average molecular weight is 278 g/mol. The van der Waals surface area contributed by atoms with Crippen LogP contribution in [0, 0.1) is 5.92 Å². The van der Waals surface area contributed by atoms with Crippen LogP contribution in [0.3, 0.4) is 0 Å². The SMILES string of the molecule is O=C1CC(CS)CN1c1ncnc(Cl)c1Cl. The maximum absolute atomic E-state index is 11.7. The predicted molar refractivity (Wildman–Crippen MR) is 66.4 cm³/mol. The molecule has 2 rings (SSSR count). The molecule has 1 atom stereocenters. The van der Waals surface area contributed by atoms with Crippen LogP contribution in [-0.4, -0.2) is 28.2 Å². The van der Waals surface area contributed by atoms with Gasteiger partial charge in [-0.05, 0) is 11.7 Å². The summed E-state index contributed by atoms with van der Waals surface area (Å²) in [5.74, 6) is 1.28. The van der Waals surface area contributed by atoms with E-state index in [4.69, 9.17) is 23.2 Å². The maximum atomic E-state index is 11.7.